The Labute approximate surface area is 136 Å². The van der Waals surface area contributed by atoms with Gasteiger partial charge < -0.3 is 9.84 Å². The number of hydrogen-bond acceptors (Lipinski definition) is 3. The highest BCUT2D eigenvalue weighted by Gasteiger charge is 1.99. The van der Waals surface area contributed by atoms with E-state index in [1.54, 1.807) is 0 Å². The second-order valence-electron chi connectivity index (χ2n) is 5.88. The summed E-state index contributed by atoms with van der Waals surface area (Å²) >= 11 is 0. The van der Waals surface area contributed by atoms with Crippen LogP contribution in [0.4, 0.5) is 0 Å². The van der Waals surface area contributed by atoms with Gasteiger partial charge in [0, 0.05) is 12.8 Å². The summed E-state index contributed by atoms with van der Waals surface area (Å²) in [6.07, 6.45) is 13.4. The fraction of sp³-hybridized carbons (Fsp3) is 0.842. The molecule has 128 valence electrons. The zero-order valence-corrected chi connectivity index (χ0v) is 14.5. The maximum Gasteiger partial charge on any atom is 0.305 e. The number of hydrogen-bond donors (Lipinski definition) is 1. The molecule has 0 radical (unpaired) electrons. The zero-order chi connectivity index (χ0) is 16.5. The summed E-state index contributed by atoms with van der Waals surface area (Å²) in [4.78, 5) is 10.9. The molecule has 0 aliphatic carbocycles. The van der Waals surface area contributed by atoms with Crippen LogP contribution < -0.4 is 0 Å². The second-order valence-corrected chi connectivity index (χ2v) is 5.88. The van der Waals surface area contributed by atoms with Crippen LogP contribution in [0.25, 0.3) is 0 Å². The molecule has 0 aliphatic heterocycles. The quantitative estimate of drug-likeness (QED) is 0.307. The van der Waals surface area contributed by atoms with Gasteiger partial charge in [0.25, 0.3) is 0 Å². The van der Waals surface area contributed by atoms with E-state index in [4.69, 9.17) is 0 Å². The third-order valence-corrected chi connectivity index (χ3v) is 3.76. The lowest BCUT2D eigenvalue weighted by Crippen LogP contribution is -2.01. The zero-order valence-electron chi connectivity index (χ0n) is 14.5. The molecule has 0 saturated carbocycles. The van der Waals surface area contributed by atoms with E-state index in [0.717, 1.165) is 44.9 Å². The van der Waals surface area contributed by atoms with E-state index in [2.05, 4.69) is 23.5 Å². The van der Waals surface area contributed by atoms with Gasteiger partial charge in [0.05, 0.1) is 7.11 Å². The summed E-state index contributed by atoms with van der Waals surface area (Å²) < 4.78 is 4.61. The molecule has 1 atom stereocenters. The summed E-state index contributed by atoms with van der Waals surface area (Å²) in [6, 6.07) is 0. The lowest BCUT2D eigenvalue weighted by atomic mass is 10.1. The highest BCUT2D eigenvalue weighted by molar-refractivity contribution is 5.68. The molecule has 3 nitrogen and oxygen atoms in total. The minimum Gasteiger partial charge on any atom is -0.469 e. The monoisotopic (exact) mass is 310 g/mol. The molecular formula is C19H34O3. The fourth-order valence-electron chi connectivity index (χ4n) is 2.31. The van der Waals surface area contributed by atoms with Crippen LogP contribution >= 0.6 is 0 Å². The molecule has 0 aromatic rings. The predicted octanol–water partition coefficient (Wildman–Crippen LogP) is 4.61. The van der Waals surface area contributed by atoms with E-state index in [1.807, 2.05) is 0 Å². The third-order valence-electron chi connectivity index (χ3n) is 3.76. The Bertz CT molecular complexity index is 314. The number of unbranched alkanes of at least 4 members (excludes halogenated alkanes) is 9. The van der Waals surface area contributed by atoms with Crippen molar-refractivity contribution in [3.05, 3.63) is 0 Å². The van der Waals surface area contributed by atoms with E-state index >= 15 is 0 Å². The SMILES string of the molecule is CCCC[C@H](O)C#CCCCCCCCCCCC(=O)OC. The highest BCUT2D eigenvalue weighted by Crippen LogP contribution is 2.10. The van der Waals surface area contributed by atoms with Gasteiger partial charge in [-0.2, -0.15) is 0 Å². The molecule has 0 aromatic carbocycles. The first kappa shape index (κ1) is 21.0. The van der Waals surface area contributed by atoms with E-state index in [0.29, 0.717) is 6.42 Å². The van der Waals surface area contributed by atoms with Crippen LogP contribution in [-0.4, -0.2) is 24.3 Å². The Morgan fingerprint density at radius 1 is 1.00 bits per heavy atom. The van der Waals surface area contributed by atoms with Crippen molar-refractivity contribution in [1.82, 2.24) is 0 Å². The maximum atomic E-state index is 10.9. The molecule has 0 unspecified atom stereocenters. The van der Waals surface area contributed by atoms with Crippen molar-refractivity contribution in [2.45, 2.75) is 96.5 Å². The van der Waals surface area contributed by atoms with Gasteiger partial charge in [-0.3, -0.25) is 4.79 Å². The number of aliphatic hydroxyl groups is 1. The minimum absolute atomic E-state index is 0.0964. The molecule has 0 amide bonds. The van der Waals surface area contributed by atoms with E-state index in [1.165, 1.54) is 39.2 Å². The van der Waals surface area contributed by atoms with Crippen molar-refractivity contribution in [3.63, 3.8) is 0 Å². The number of carbonyl (C=O) groups excluding carboxylic acids is 1. The van der Waals surface area contributed by atoms with Gasteiger partial charge in [-0.15, -0.1) is 5.92 Å². The fourth-order valence-corrected chi connectivity index (χ4v) is 2.31. The number of carbonyl (C=O) groups is 1. The Balaban J connectivity index is 3.24. The second kappa shape index (κ2) is 16.4. The molecule has 0 aliphatic rings. The molecule has 0 spiro atoms. The summed E-state index contributed by atoms with van der Waals surface area (Å²) in [5, 5.41) is 9.57. The molecule has 1 N–H and O–H groups in total. The summed E-state index contributed by atoms with van der Waals surface area (Å²) in [5.74, 6) is 5.91. The van der Waals surface area contributed by atoms with Crippen LogP contribution in [0.15, 0.2) is 0 Å². The average molecular weight is 310 g/mol. The number of aliphatic hydroxyl groups excluding tert-OH is 1. The number of esters is 1. The van der Waals surface area contributed by atoms with Crippen LogP contribution in [0.3, 0.4) is 0 Å². The van der Waals surface area contributed by atoms with Crippen molar-refractivity contribution >= 4 is 5.97 Å². The standard InChI is InChI=1S/C19H34O3/c1-3-4-15-18(20)16-13-11-9-7-5-6-8-10-12-14-17-19(21)22-2/h18,20H,3-12,14-15,17H2,1-2H3/t18-/m0/s1. The molecule has 22 heavy (non-hydrogen) atoms. The largest absolute Gasteiger partial charge is 0.469 e. The van der Waals surface area contributed by atoms with Crippen LogP contribution in [0.2, 0.25) is 0 Å². The van der Waals surface area contributed by atoms with E-state index in [-0.39, 0.29) is 5.97 Å². The van der Waals surface area contributed by atoms with Crippen molar-refractivity contribution in [2.24, 2.45) is 0 Å². The van der Waals surface area contributed by atoms with Gasteiger partial charge in [-0.1, -0.05) is 64.2 Å². The minimum atomic E-state index is -0.426. The van der Waals surface area contributed by atoms with Crippen LogP contribution in [0, 0.1) is 11.8 Å². The molecule has 0 saturated heterocycles. The van der Waals surface area contributed by atoms with E-state index < -0.39 is 6.10 Å². The van der Waals surface area contributed by atoms with Gasteiger partial charge in [-0.25, -0.2) is 0 Å². The lowest BCUT2D eigenvalue weighted by molar-refractivity contribution is -0.140. The molecule has 3 heteroatoms. The summed E-state index contributed by atoms with van der Waals surface area (Å²) in [7, 11) is 1.44. The molecule has 0 aromatic heterocycles. The van der Waals surface area contributed by atoms with Gasteiger partial charge in [0.15, 0.2) is 0 Å². The molecule has 0 bridgehead atoms. The summed E-state index contributed by atoms with van der Waals surface area (Å²) in [6.45, 7) is 2.12. The maximum absolute atomic E-state index is 10.9. The Morgan fingerprint density at radius 3 is 2.18 bits per heavy atom. The van der Waals surface area contributed by atoms with Crippen LogP contribution in [-0.2, 0) is 9.53 Å². The Kier molecular flexibility index (Phi) is 15.6. The van der Waals surface area contributed by atoms with Gasteiger partial charge in [0.2, 0.25) is 0 Å². The van der Waals surface area contributed by atoms with Crippen molar-refractivity contribution in [2.75, 3.05) is 7.11 Å². The first-order valence-corrected chi connectivity index (χ1v) is 8.94. The molecular weight excluding hydrogens is 276 g/mol. The number of rotatable bonds is 13. The summed E-state index contributed by atoms with van der Waals surface area (Å²) in [5.41, 5.74) is 0. The molecule has 0 heterocycles. The lowest BCUT2D eigenvalue weighted by Gasteiger charge is -2.02. The van der Waals surface area contributed by atoms with Crippen molar-refractivity contribution in [3.8, 4) is 11.8 Å². The van der Waals surface area contributed by atoms with Crippen LogP contribution in [0.1, 0.15) is 90.4 Å². The highest BCUT2D eigenvalue weighted by atomic mass is 16.5. The average Bonchev–Trinajstić information content (AvgIpc) is 2.53. The Morgan fingerprint density at radius 2 is 1.59 bits per heavy atom. The van der Waals surface area contributed by atoms with Gasteiger partial charge in [-0.05, 0) is 19.3 Å². The van der Waals surface area contributed by atoms with Crippen LogP contribution in [0.5, 0.6) is 0 Å². The van der Waals surface area contributed by atoms with Crippen molar-refractivity contribution in [1.29, 1.82) is 0 Å². The number of ether oxygens (including phenoxy) is 1. The molecule has 0 fully saturated rings. The Hall–Kier alpha value is -1.01. The first-order valence-electron chi connectivity index (χ1n) is 8.94. The third kappa shape index (κ3) is 15.4. The topological polar surface area (TPSA) is 46.5 Å². The van der Waals surface area contributed by atoms with Gasteiger partial charge >= 0.3 is 5.97 Å². The first-order chi connectivity index (χ1) is 10.7. The normalized spacial score (nSPS) is 11.6. The smallest absolute Gasteiger partial charge is 0.305 e. The predicted molar refractivity (Wildman–Crippen MR) is 91.5 cm³/mol. The number of methoxy groups -OCH3 is 1. The van der Waals surface area contributed by atoms with E-state index in [9.17, 15) is 9.90 Å². The van der Waals surface area contributed by atoms with Crippen molar-refractivity contribution < 1.29 is 14.6 Å². The molecule has 0 rings (SSSR count). The van der Waals surface area contributed by atoms with Gasteiger partial charge in [0.1, 0.15) is 6.10 Å².